The number of methoxy groups -OCH3 is 2. The molecule has 0 spiro atoms. The van der Waals surface area contributed by atoms with E-state index in [4.69, 9.17) is 14.6 Å². The lowest BCUT2D eigenvalue weighted by Crippen LogP contribution is -1.97. The van der Waals surface area contributed by atoms with Crippen molar-refractivity contribution in [2.24, 2.45) is 0 Å². The first-order valence-corrected chi connectivity index (χ1v) is 4.06. The third-order valence-corrected chi connectivity index (χ3v) is 2.10. The summed E-state index contributed by atoms with van der Waals surface area (Å²) >= 11 is 0. The molecule has 0 aromatic heterocycles. The summed E-state index contributed by atoms with van der Waals surface area (Å²) in [7, 11) is 3.19. The Morgan fingerprint density at radius 3 is 2.15 bits per heavy atom. The van der Waals surface area contributed by atoms with Gasteiger partial charge in [-0.3, -0.25) is 0 Å². The molecule has 0 bridgehead atoms. The lowest BCUT2D eigenvalue weighted by atomic mass is 10.1. The molecule has 1 N–H and O–H groups in total. The first-order chi connectivity index (χ1) is 6.24. The highest BCUT2D eigenvalue weighted by molar-refractivity contribution is 5.47. The van der Waals surface area contributed by atoms with E-state index in [0.717, 1.165) is 16.9 Å². The highest BCUT2D eigenvalue weighted by atomic mass is 16.5. The van der Waals surface area contributed by atoms with Gasteiger partial charge in [-0.1, -0.05) is 0 Å². The summed E-state index contributed by atoms with van der Waals surface area (Å²) in [5, 5.41) is 9.11. The fourth-order valence-electron chi connectivity index (χ4n) is 1.32. The van der Waals surface area contributed by atoms with E-state index in [0.29, 0.717) is 5.75 Å². The first kappa shape index (κ1) is 9.86. The van der Waals surface area contributed by atoms with E-state index in [1.54, 1.807) is 20.3 Å². The van der Waals surface area contributed by atoms with Crippen LogP contribution in [0.15, 0.2) is 12.1 Å². The average Bonchev–Trinajstić information content (AvgIpc) is 2.17. The maximum Gasteiger partial charge on any atom is 0.124 e. The molecule has 3 heteroatoms. The fourth-order valence-corrected chi connectivity index (χ4v) is 1.32. The third kappa shape index (κ3) is 1.75. The Labute approximate surface area is 77.9 Å². The van der Waals surface area contributed by atoms with Gasteiger partial charge in [0.2, 0.25) is 0 Å². The fraction of sp³-hybridized carbons (Fsp3) is 0.400. The molecule has 0 fully saturated rings. The Morgan fingerprint density at radius 1 is 1.15 bits per heavy atom. The van der Waals surface area contributed by atoms with Crippen molar-refractivity contribution in [2.75, 3.05) is 14.2 Å². The maximum atomic E-state index is 9.11. The van der Waals surface area contributed by atoms with Gasteiger partial charge < -0.3 is 14.6 Å². The standard InChI is InChI=1S/C10H14O3/c1-7-8(6-11)10(13-3)5-4-9(7)12-2/h4-5,11H,6H2,1-3H3. The van der Waals surface area contributed by atoms with Gasteiger partial charge in [0.25, 0.3) is 0 Å². The van der Waals surface area contributed by atoms with E-state index in [1.165, 1.54) is 0 Å². The van der Waals surface area contributed by atoms with Gasteiger partial charge in [-0.15, -0.1) is 0 Å². The maximum absolute atomic E-state index is 9.11. The van der Waals surface area contributed by atoms with Crippen LogP contribution in [0.1, 0.15) is 11.1 Å². The number of ether oxygens (including phenoxy) is 2. The molecule has 0 aliphatic carbocycles. The van der Waals surface area contributed by atoms with Crippen molar-refractivity contribution in [1.29, 1.82) is 0 Å². The first-order valence-electron chi connectivity index (χ1n) is 4.06. The van der Waals surface area contributed by atoms with Crippen LogP contribution in [0.3, 0.4) is 0 Å². The van der Waals surface area contributed by atoms with Crippen LogP contribution in [0.5, 0.6) is 11.5 Å². The highest BCUT2D eigenvalue weighted by Gasteiger charge is 2.09. The molecule has 0 unspecified atom stereocenters. The highest BCUT2D eigenvalue weighted by Crippen LogP contribution is 2.29. The lowest BCUT2D eigenvalue weighted by molar-refractivity contribution is 0.271. The van der Waals surface area contributed by atoms with Gasteiger partial charge in [0.1, 0.15) is 11.5 Å². The van der Waals surface area contributed by atoms with Gasteiger partial charge in [-0.25, -0.2) is 0 Å². The minimum atomic E-state index is -0.0355. The number of aliphatic hydroxyl groups is 1. The Kier molecular flexibility index (Phi) is 3.14. The predicted octanol–water partition coefficient (Wildman–Crippen LogP) is 1.50. The van der Waals surface area contributed by atoms with Crippen LogP contribution in [0.2, 0.25) is 0 Å². The molecule has 1 aromatic carbocycles. The summed E-state index contributed by atoms with van der Waals surface area (Å²) in [6.45, 7) is 1.86. The Balaban J connectivity index is 3.23. The van der Waals surface area contributed by atoms with Crippen LogP contribution < -0.4 is 9.47 Å². The van der Waals surface area contributed by atoms with E-state index >= 15 is 0 Å². The Bertz CT molecular complexity index is 294. The van der Waals surface area contributed by atoms with Crippen molar-refractivity contribution in [3.05, 3.63) is 23.3 Å². The summed E-state index contributed by atoms with van der Waals surface area (Å²) in [6.07, 6.45) is 0. The summed E-state index contributed by atoms with van der Waals surface area (Å²) < 4.78 is 10.2. The second-order valence-electron chi connectivity index (χ2n) is 2.73. The quantitative estimate of drug-likeness (QED) is 0.770. The van der Waals surface area contributed by atoms with E-state index in [-0.39, 0.29) is 6.61 Å². The number of rotatable bonds is 3. The van der Waals surface area contributed by atoms with Crippen LogP contribution in [0, 0.1) is 6.92 Å². The molecule has 1 rings (SSSR count). The minimum Gasteiger partial charge on any atom is -0.496 e. The van der Waals surface area contributed by atoms with Gasteiger partial charge in [-0.2, -0.15) is 0 Å². The van der Waals surface area contributed by atoms with Gasteiger partial charge in [-0.05, 0) is 19.1 Å². The Morgan fingerprint density at radius 2 is 1.69 bits per heavy atom. The SMILES string of the molecule is COc1ccc(OC)c(CO)c1C. The van der Waals surface area contributed by atoms with Crippen molar-refractivity contribution >= 4 is 0 Å². The van der Waals surface area contributed by atoms with E-state index in [9.17, 15) is 0 Å². The smallest absolute Gasteiger partial charge is 0.124 e. The molecule has 0 radical (unpaired) electrons. The zero-order valence-corrected chi connectivity index (χ0v) is 8.13. The van der Waals surface area contributed by atoms with Crippen molar-refractivity contribution < 1.29 is 14.6 Å². The Hall–Kier alpha value is -1.22. The molecule has 0 aliphatic heterocycles. The van der Waals surface area contributed by atoms with Crippen molar-refractivity contribution in [3.8, 4) is 11.5 Å². The molecule has 0 atom stereocenters. The molecule has 0 aliphatic rings. The zero-order chi connectivity index (χ0) is 9.84. The number of benzene rings is 1. The van der Waals surface area contributed by atoms with Gasteiger partial charge in [0, 0.05) is 11.1 Å². The van der Waals surface area contributed by atoms with Crippen molar-refractivity contribution in [2.45, 2.75) is 13.5 Å². The van der Waals surface area contributed by atoms with Crippen LogP contribution in [-0.2, 0) is 6.61 Å². The van der Waals surface area contributed by atoms with Crippen LogP contribution in [0.4, 0.5) is 0 Å². The predicted molar refractivity (Wildman–Crippen MR) is 50.2 cm³/mol. The molecule has 72 valence electrons. The lowest BCUT2D eigenvalue weighted by Gasteiger charge is -2.12. The van der Waals surface area contributed by atoms with Crippen LogP contribution in [-0.4, -0.2) is 19.3 Å². The zero-order valence-electron chi connectivity index (χ0n) is 8.13. The third-order valence-electron chi connectivity index (χ3n) is 2.10. The second-order valence-corrected chi connectivity index (χ2v) is 2.73. The monoisotopic (exact) mass is 182 g/mol. The van der Waals surface area contributed by atoms with Gasteiger partial charge >= 0.3 is 0 Å². The molecule has 13 heavy (non-hydrogen) atoms. The second kappa shape index (κ2) is 4.14. The summed E-state index contributed by atoms with van der Waals surface area (Å²) in [5.41, 5.74) is 1.70. The molecule has 1 aromatic rings. The molecule has 0 heterocycles. The molecule has 0 saturated heterocycles. The average molecular weight is 182 g/mol. The molecule has 3 nitrogen and oxygen atoms in total. The molecular weight excluding hydrogens is 168 g/mol. The molecule has 0 saturated carbocycles. The van der Waals surface area contributed by atoms with E-state index in [2.05, 4.69) is 0 Å². The molecule has 0 amide bonds. The van der Waals surface area contributed by atoms with Gasteiger partial charge in [0.15, 0.2) is 0 Å². The normalized spacial score (nSPS) is 9.85. The number of hydrogen-bond acceptors (Lipinski definition) is 3. The van der Waals surface area contributed by atoms with Crippen LogP contribution in [0.25, 0.3) is 0 Å². The largest absolute Gasteiger partial charge is 0.496 e. The summed E-state index contributed by atoms with van der Waals surface area (Å²) in [6, 6.07) is 3.62. The summed E-state index contributed by atoms with van der Waals surface area (Å²) in [4.78, 5) is 0. The van der Waals surface area contributed by atoms with Crippen LogP contribution >= 0.6 is 0 Å². The minimum absolute atomic E-state index is 0.0355. The number of hydrogen-bond donors (Lipinski definition) is 1. The topological polar surface area (TPSA) is 38.7 Å². The van der Waals surface area contributed by atoms with Gasteiger partial charge in [0.05, 0.1) is 20.8 Å². The number of aliphatic hydroxyl groups excluding tert-OH is 1. The van der Waals surface area contributed by atoms with E-state index < -0.39 is 0 Å². The van der Waals surface area contributed by atoms with Crippen molar-refractivity contribution in [1.82, 2.24) is 0 Å². The van der Waals surface area contributed by atoms with Crippen molar-refractivity contribution in [3.63, 3.8) is 0 Å². The molecular formula is C10H14O3. The van der Waals surface area contributed by atoms with E-state index in [1.807, 2.05) is 13.0 Å². The summed E-state index contributed by atoms with van der Waals surface area (Å²) in [5.74, 6) is 1.46.